The Morgan fingerprint density at radius 1 is 1.19 bits per heavy atom. The maximum atomic E-state index is 14.4. The third-order valence-corrected chi connectivity index (χ3v) is 3.55. The van der Waals surface area contributed by atoms with Crippen molar-refractivity contribution >= 4 is 16.6 Å². The van der Waals surface area contributed by atoms with E-state index >= 15 is 0 Å². The van der Waals surface area contributed by atoms with Gasteiger partial charge in [0, 0.05) is 23.7 Å². The van der Waals surface area contributed by atoms with Crippen molar-refractivity contribution in [3.05, 3.63) is 48.7 Å². The highest BCUT2D eigenvalue weighted by Crippen LogP contribution is 2.27. The van der Waals surface area contributed by atoms with Gasteiger partial charge in [0.2, 0.25) is 0 Å². The molecule has 5 nitrogen and oxygen atoms in total. The molecule has 0 saturated carbocycles. The van der Waals surface area contributed by atoms with Crippen LogP contribution in [0.5, 0.6) is 0 Å². The van der Waals surface area contributed by atoms with Gasteiger partial charge in [0.15, 0.2) is 5.65 Å². The molecule has 4 aromatic rings. The zero-order chi connectivity index (χ0) is 14.4. The zero-order valence-corrected chi connectivity index (χ0v) is 11.4. The van der Waals surface area contributed by atoms with Crippen LogP contribution in [0, 0.1) is 5.82 Å². The molecule has 0 aromatic carbocycles. The summed E-state index contributed by atoms with van der Waals surface area (Å²) in [5.74, 6) is -0.364. The first-order valence-electron chi connectivity index (χ1n) is 6.72. The summed E-state index contributed by atoms with van der Waals surface area (Å²) < 4.78 is 17.8. The Hall–Kier alpha value is -2.76. The standard InChI is InChI=1S/C15H12FN5/c1-2-20-15-10(8-17-20)7-12(16)14(19-15)11-9-18-21-6-4-3-5-13(11)21/h3-9H,2H2,1H3. The van der Waals surface area contributed by atoms with Crippen molar-refractivity contribution in [2.24, 2.45) is 0 Å². The number of aryl methyl sites for hydroxylation is 1. The molecule has 4 aromatic heterocycles. The summed E-state index contributed by atoms with van der Waals surface area (Å²) in [4.78, 5) is 4.47. The van der Waals surface area contributed by atoms with Gasteiger partial charge in [0.25, 0.3) is 0 Å². The van der Waals surface area contributed by atoms with E-state index in [1.807, 2.05) is 31.3 Å². The summed E-state index contributed by atoms with van der Waals surface area (Å²) >= 11 is 0. The highest BCUT2D eigenvalue weighted by molar-refractivity contribution is 5.83. The maximum absolute atomic E-state index is 14.4. The number of fused-ring (bicyclic) bond motifs is 2. The Balaban J connectivity index is 2.03. The lowest BCUT2D eigenvalue weighted by Gasteiger charge is -2.03. The van der Waals surface area contributed by atoms with Crippen LogP contribution < -0.4 is 0 Å². The molecule has 0 aliphatic heterocycles. The normalized spacial score (nSPS) is 11.5. The molecular formula is C15H12FN5. The van der Waals surface area contributed by atoms with Crippen LogP contribution in [-0.2, 0) is 6.54 Å². The van der Waals surface area contributed by atoms with Gasteiger partial charge in [-0.1, -0.05) is 6.07 Å². The summed E-state index contributed by atoms with van der Waals surface area (Å²) in [6, 6.07) is 7.14. The summed E-state index contributed by atoms with van der Waals surface area (Å²) in [7, 11) is 0. The van der Waals surface area contributed by atoms with E-state index < -0.39 is 0 Å². The Kier molecular flexibility index (Phi) is 2.50. The lowest BCUT2D eigenvalue weighted by Crippen LogP contribution is -1.99. The van der Waals surface area contributed by atoms with Crippen LogP contribution >= 0.6 is 0 Å². The fourth-order valence-electron chi connectivity index (χ4n) is 2.52. The van der Waals surface area contributed by atoms with E-state index in [0.717, 1.165) is 5.52 Å². The van der Waals surface area contributed by atoms with Crippen molar-refractivity contribution < 1.29 is 4.39 Å². The van der Waals surface area contributed by atoms with E-state index in [2.05, 4.69) is 15.2 Å². The number of hydrogen-bond acceptors (Lipinski definition) is 3. The van der Waals surface area contributed by atoms with Crippen molar-refractivity contribution in [2.45, 2.75) is 13.5 Å². The van der Waals surface area contributed by atoms with E-state index in [4.69, 9.17) is 0 Å². The predicted molar refractivity (Wildman–Crippen MR) is 77.3 cm³/mol. The molecule has 0 unspecified atom stereocenters. The molecule has 0 fully saturated rings. The highest BCUT2D eigenvalue weighted by Gasteiger charge is 2.15. The van der Waals surface area contributed by atoms with Crippen molar-refractivity contribution in [3.8, 4) is 11.3 Å². The van der Waals surface area contributed by atoms with Crippen molar-refractivity contribution in [2.75, 3.05) is 0 Å². The van der Waals surface area contributed by atoms with Gasteiger partial charge in [0.1, 0.15) is 11.5 Å². The SMILES string of the molecule is CCn1ncc2cc(F)c(-c3cnn4ccccc34)nc21. The number of nitrogens with zero attached hydrogens (tertiary/aromatic N) is 5. The van der Waals surface area contributed by atoms with E-state index in [-0.39, 0.29) is 5.82 Å². The molecule has 0 N–H and O–H groups in total. The summed E-state index contributed by atoms with van der Waals surface area (Å²) in [6.45, 7) is 2.67. The Morgan fingerprint density at radius 3 is 2.95 bits per heavy atom. The first kappa shape index (κ1) is 12.0. The van der Waals surface area contributed by atoms with Crippen LogP contribution in [0.2, 0.25) is 0 Å². The topological polar surface area (TPSA) is 48.0 Å². The Morgan fingerprint density at radius 2 is 2.10 bits per heavy atom. The molecule has 4 heterocycles. The molecular weight excluding hydrogens is 269 g/mol. The van der Waals surface area contributed by atoms with Crippen LogP contribution in [0.15, 0.2) is 42.9 Å². The van der Waals surface area contributed by atoms with Gasteiger partial charge < -0.3 is 0 Å². The second kappa shape index (κ2) is 4.37. The minimum Gasteiger partial charge on any atom is -0.248 e. The van der Waals surface area contributed by atoms with E-state index in [0.29, 0.717) is 28.8 Å². The molecule has 104 valence electrons. The van der Waals surface area contributed by atoms with Crippen molar-refractivity contribution in [1.82, 2.24) is 24.4 Å². The van der Waals surface area contributed by atoms with Gasteiger partial charge in [-0.3, -0.25) is 0 Å². The fourth-order valence-corrected chi connectivity index (χ4v) is 2.52. The zero-order valence-electron chi connectivity index (χ0n) is 11.4. The van der Waals surface area contributed by atoms with Crippen LogP contribution in [0.25, 0.3) is 27.8 Å². The average Bonchev–Trinajstić information content (AvgIpc) is 3.09. The van der Waals surface area contributed by atoms with Crippen LogP contribution in [0.4, 0.5) is 4.39 Å². The van der Waals surface area contributed by atoms with Crippen LogP contribution in [-0.4, -0.2) is 24.4 Å². The van der Waals surface area contributed by atoms with E-state index in [9.17, 15) is 4.39 Å². The van der Waals surface area contributed by atoms with Gasteiger partial charge in [-0.15, -0.1) is 0 Å². The van der Waals surface area contributed by atoms with Crippen molar-refractivity contribution in [3.63, 3.8) is 0 Å². The Bertz CT molecular complexity index is 953. The number of halogens is 1. The molecule has 0 aliphatic carbocycles. The van der Waals surface area contributed by atoms with Gasteiger partial charge in [-0.25, -0.2) is 18.6 Å². The Labute approximate surface area is 119 Å². The summed E-state index contributed by atoms with van der Waals surface area (Å²) in [5, 5.41) is 9.14. The molecule has 0 radical (unpaired) electrons. The number of rotatable bonds is 2. The lowest BCUT2D eigenvalue weighted by atomic mass is 10.1. The third-order valence-electron chi connectivity index (χ3n) is 3.55. The predicted octanol–water partition coefficient (Wildman–Crippen LogP) is 2.91. The average molecular weight is 281 g/mol. The number of hydrogen-bond donors (Lipinski definition) is 0. The smallest absolute Gasteiger partial charge is 0.158 e. The van der Waals surface area contributed by atoms with E-state index in [1.54, 1.807) is 21.6 Å². The first-order chi connectivity index (χ1) is 10.3. The molecule has 0 atom stereocenters. The van der Waals surface area contributed by atoms with E-state index in [1.165, 1.54) is 6.07 Å². The molecule has 0 saturated heterocycles. The van der Waals surface area contributed by atoms with Gasteiger partial charge >= 0.3 is 0 Å². The quantitative estimate of drug-likeness (QED) is 0.567. The summed E-state index contributed by atoms with van der Waals surface area (Å²) in [5.41, 5.74) is 2.49. The molecule has 0 amide bonds. The number of pyridine rings is 2. The molecule has 0 bridgehead atoms. The maximum Gasteiger partial charge on any atom is 0.158 e. The largest absolute Gasteiger partial charge is 0.248 e. The van der Waals surface area contributed by atoms with Gasteiger partial charge in [-0.05, 0) is 25.1 Å². The molecule has 21 heavy (non-hydrogen) atoms. The fraction of sp³-hybridized carbons (Fsp3) is 0.133. The third kappa shape index (κ3) is 1.72. The lowest BCUT2D eigenvalue weighted by molar-refractivity contribution is 0.626. The first-order valence-corrected chi connectivity index (χ1v) is 6.72. The highest BCUT2D eigenvalue weighted by atomic mass is 19.1. The van der Waals surface area contributed by atoms with Crippen LogP contribution in [0.1, 0.15) is 6.92 Å². The second-order valence-electron chi connectivity index (χ2n) is 4.78. The molecule has 0 spiro atoms. The number of aromatic nitrogens is 5. The van der Waals surface area contributed by atoms with Gasteiger partial charge in [-0.2, -0.15) is 10.2 Å². The molecule has 6 heteroatoms. The summed E-state index contributed by atoms with van der Waals surface area (Å²) in [6.07, 6.45) is 5.10. The monoisotopic (exact) mass is 281 g/mol. The van der Waals surface area contributed by atoms with Crippen molar-refractivity contribution in [1.29, 1.82) is 0 Å². The minimum atomic E-state index is -0.364. The minimum absolute atomic E-state index is 0.305. The van der Waals surface area contributed by atoms with Gasteiger partial charge in [0.05, 0.1) is 17.9 Å². The van der Waals surface area contributed by atoms with Crippen LogP contribution in [0.3, 0.4) is 0 Å². The molecule has 0 aliphatic rings. The second-order valence-corrected chi connectivity index (χ2v) is 4.78. The molecule has 4 rings (SSSR count).